The van der Waals surface area contributed by atoms with Crippen molar-refractivity contribution in [3.05, 3.63) is 88.4 Å². The number of ether oxygens (including phenoxy) is 3. The predicted octanol–water partition coefficient (Wildman–Crippen LogP) is 5.07. The largest absolute Gasteiger partial charge is 0.492 e. The first kappa shape index (κ1) is 25.2. The molecule has 0 aliphatic heterocycles. The van der Waals surface area contributed by atoms with Gasteiger partial charge in [-0.2, -0.15) is 0 Å². The molecule has 7 nitrogen and oxygen atoms in total. The summed E-state index contributed by atoms with van der Waals surface area (Å²) >= 11 is 11.9. The molecule has 3 aromatic rings. The van der Waals surface area contributed by atoms with Crippen LogP contribution in [0.15, 0.2) is 72.8 Å². The second-order valence-electron chi connectivity index (χ2n) is 7.07. The monoisotopic (exact) mass is 502 g/mol. The Morgan fingerprint density at radius 1 is 0.735 bits per heavy atom. The van der Waals surface area contributed by atoms with Crippen molar-refractivity contribution in [2.24, 2.45) is 0 Å². The average Bonchev–Trinajstić information content (AvgIpc) is 2.85. The summed E-state index contributed by atoms with van der Waals surface area (Å²) in [6.07, 6.45) is 0.602. The number of hydrazine groups is 1. The molecule has 0 saturated carbocycles. The minimum absolute atomic E-state index is 0.163. The Hall–Kier alpha value is -3.42. The van der Waals surface area contributed by atoms with Gasteiger partial charge in [0, 0.05) is 17.0 Å². The molecule has 0 bridgehead atoms. The fourth-order valence-electron chi connectivity index (χ4n) is 2.83. The molecule has 0 aliphatic carbocycles. The molecule has 34 heavy (non-hydrogen) atoms. The van der Waals surface area contributed by atoms with E-state index in [1.165, 1.54) is 0 Å². The SMILES string of the molecule is O=C(CCCOc1ccc(Cl)cc1Cl)NNC(=O)c1cccc(OCCOc2ccccc2)c1. The van der Waals surface area contributed by atoms with E-state index in [-0.39, 0.29) is 18.9 Å². The highest BCUT2D eigenvalue weighted by atomic mass is 35.5. The average molecular weight is 503 g/mol. The van der Waals surface area contributed by atoms with Gasteiger partial charge in [-0.1, -0.05) is 47.5 Å². The summed E-state index contributed by atoms with van der Waals surface area (Å²) in [5.41, 5.74) is 5.13. The van der Waals surface area contributed by atoms with E-state index in [0.717, 1.165) is 5.75 Å². The van der Waals surface area contributed by atoms with Crippen LogP contribution < -0.4 is 25.1 Å². The van der Waals surface area contributed by atoms with E-state index in [4.69, 9.17) is 37.4 Å². The van der Waals surface area contributed by atoms with Crippen LogP contribution in [0.4, 0.5) is 0 Å². The zero-order chi connectivity index (χ0) is 24.2. The lowest BCUT2D eigenvalue weighted by Crippen LogP contribution is -2.41. The van der Waals surface area contributed by atoms with E-state index < -0.39 is 5.91 Å². The summed E-state index contributed by atoms with van der Waals surface area (Å²) in [5, 5.41) is 0.917. The van der Waals surface area contributed by atoms with Crippen molar-refractivity contribution in [3.63, 3.8) is 0 Å². The molecule has 2 amide bonds. The Morgan fingerprint density at radius 3 is 2.24 bits per heavy atom. The van der Waals surface area contributed by atoms with Crippen molar-refractivity contribution in [1.29, 1.82) is 0 Å². The second kappa shape index (κ2) is 13.3. The van der Waals surface area contributed by atoms with Gasteiger partial charge in [-0.05, 0) is 55.0 Å². The lowest BCUT2D eigenvalue weighted by atomic mass is 10.2. The molecule has 178 valence electrons. The maximum Gasteiger partial charge on any atom is 0.269 e. The number of carbonyl (C=O) groups excluding carboxylic acids is 2. The van der Waals surface area contributed by atoms with E-state index in [1.54, 1.807) is 42.5 Å². The zero-order valence-electron chi connectivity index (χ0n) is 18.3. The molecule has 9 heteroatoms. The van der Waals surface area contributed by atoms with E-state index >= 15 is 0 Å². The van der Waals surface area contributed by atoms with E-state index in [9.17, 15) is 9.59 Å². The maximum atomic E-state index is 12.3. The smallest absolute Gasteiger partial charge is 0.269 e. The van der Waals surface area contributed by atoms with Crippen molar-refractivity contribution in [2.45, 2.75) is 12.8 Å². The first-order chi connectivity index (χ1) is 16.5. The van der Waals surface area contributed by atoms with E-state index in [0.29, 0.717) is 46.7 Å². The first-order valence-electron chi connectivity index (χ1n) is 10.6. The van der Waals surface area contributed by atoms with Crippen LogP contribution in [0.2, 0.25) is 10.0 Å². The van der Waals surface area contributed by atoms with E-state index in [1.807, 2.05) is 30.3 Å². The number of hydrogen-bond acceptors (Lipinski definition) is 5. The Bertz CT molecular complexity index is 1100. The molecule has 0 heterocycles. The summed E-state index contributed by atoms with van der Waals surface area (Å²) < 4.78 is 16.7. The van der Waals surface area contributed by atoms with Crippen molar-refractivity contribution in [2.75, 3.05) is 19.8 Å². The van der Waals surface area contributed by atoms with Gasteiger partial charge in [-0.3, -0.25) is 20.4 Å². The van der Waals surface area contributed by atoms with Gasteiger partial charge in [0.25, 0.3) is 5.91 Å². The van der Waals surface area contributed by atoms with Gasteiger partial charge < -0.3 is 14.2 Å². The number of halogens is 2. The van der Waals surface area contributed by atoms with Gasteiger partial charge >= 0.3 is 0 Å². The number of para-hydroxylation sites is 1. The minimum Gasteiger partial charge on any atom is -0.492 e. The fraction of sp³-hybridized carbons (Fsp3) is 0.200. The molecule has 0 saturated heterocycles. The zero-order valence-corrected chi connectivity index (χ0v) is 19.8. The molecule has 3 rings (SSSR count). The highest BCUT2D eigenvalue weighted by Gasteiger charge is 2.09. The number of amides is 2. The Balaban J connectivity index is 1.34. The maximum absolute atomic E-state index is 12.3. The standard InChI is InChI=1S/C25H24Cl2N2O5/c26-19-11-12-23(22(27)17-19)34-13-5-10-24(30)28-29-25(31)18-6-4-9-21(16-18)33-15-14-32-20-7-2-1-3-8-20/h1-4,6-9,11-12,16-17H,5,10,13-15H2,(H,28,30)(H,29,31). The van der Waals surface area contributed by atoms with E-state index in [2.05, 4.69) is 10.9 Å². The Morgan fingerprint density at radius 2 is 1.47 bits per heavy atom. The highest BCUT2D eigenvalue weighted by molar-refractivity contribution is 6.35. The number of carbonyl (C=O) groups is 2. The third kappa shape index (κ3) is 8.50. The van der Waals surface area contributed by atoms with Crippen molar-refractivity contribution in [3.8, 4) is 17.2 Å². The van der Waals surface area contributed by atoms with Crippen LogP contribution >= 0.6 is 23.2 Å². The molecule has 0 aromatic heterocycles. The molecule has 2 N–H and O–H groups in total. The third-order valence-electron chi connectivity index (χ3n) is 4.48. The summed E-state index contributed by atoms with van der Waals surface area (Å²) in [6, 6.07) is 21.0. The predicted molar refractivity (Wildman–Crippen MR) is 131 cm³/mol. The molecule has 0 atom stereocenters. The number of hydrogen-bond donors (Lipinski definition) is 2. The lowest BCUT2D eigenvalue weighted by Gasteiger charge is -2.11. The van der Waals surface area contributed by atoms with Crippen LogP contribution in [0.5, 0.6) is 17.2 Å². The number of nitrogens with one attached hydrogen (secondary N) is 2. The van der Waals surface area contributed by atoms with Crippen LogP contribution in [-0.2, 0) is 4.79 Å². The summed E-state index contributed by atoms with van der Waals surface area (Å²) in [7, 11) is 0. The first-order valence-corrected chi connectivity index (χ1v) is 11.3. The lowest BCUT2D eigenvalue weighted by molar-refractivity contribution is -0.122. The van der Waals surface area contributed by atoms with Gasteiger partial charge in [0.05, 0.1) is 11.6 Å². The molecule has 0 aliphatic rings. The topological polar surface area (TPSA) is 85.9 Å². The second-order valence-corrected chi connectivity index (χ2v) is 7.91. The van der Waals surface area contributed by atoms with Crippen molar-refractivity contribution in [1.82, 2.24) is 10.9 Å². The molecular weight excluding hydrogens is 479 g/mol. The highest BCUT2D eigenvalue weighted by Crippen LogP contribution is 2.27. The molecule has 0 radical (unpaired) electrons. The Kier molecular flexibility index (Phi) is 9.88. The minimum atomic E-state index is -0.455. The van der Waals surface area contributed by atoms with Gasteiger partial charge in [0.1, 0.15) is 30.5 Å². The molecule has 0 spiro atoms. The summed E-state index contributed by atoms with van der Waals surface area (Å²) in [6.45, 7) is 0.973. The van der Waals surface area contributed by atoms with Crippen LogP contribution in [0.3, 0.4) is 0 Å². The normalized spacial score (nSPS) is 10.3. The van der Waals surface area contributed by atoms with Gasteiger partial charge in [0.15, 0.2) is 0 Å². The molecule has 0 unspecified atom stereocenters. The Labute approximate surface area is 207 Å². The van der Waals surface area contributed by atoms with Crippen LogP contribution in [0, 0.1) is 0 Å². The van der Waals surface area contributed by atoms with Gasteiger partial charge in [0.2, 0.25) is 5.91 Å². The van der Waals surface area contributed by atoms with Crippen LogP contribution in [-0.4, -0.2) is 31.6 Å². The quantitative estimate of drug-likeness (QED) is 0.282. The van der Waals surface area contributed by atoms with Crippen LogP contribution in [0.1, 0.15) is 23.2 Å². The van der Waals surface area contributed by atoms with Crippen molar-refractivity contribution >= 4 is 35.0 Å². The van der Waals surface area contributed by atoms with Crippen LogP contribution in [0.25, 0.3) is 0 Å². The fourth-order valence-corrected chi connectivity index (χ4v) is 3.29. The third-order valence-corrected chi connectivity index (χ3v) is 5.01. The number of benzene rings is 3. The van der Waals surface area contributed by atoms with Crippen molar-refractivity contribution < 1.29 is 23.8 Å². The summed E-state index contributed by atoms with van der Waals surface area (Å²) in [5.74, 6) is 0.977. The summed E-state index contributed by atoms with van der Waals surface area (Å²) in [4.78, 5) is 24.3. The van der Waals surface area contributed by atoms with Gasteiger partial charge in [-0.15, -0.1) is 0 Å². The van der Waals surface area contributed by atoms with Gasteiger partial charge in [-0.25, -0.2) is 0 Å². The molecule has 0 fully saturated rings. The molecule has 3 aromatic carbocycles. The number of rotatable bonds is 11. The molecular formula is C25H24Cl2N2O5.